The van der Waals surface area contributed by atoms with Crippen molar-refractivity contribution in [3.63, 3.8) is 0 Å². The van der Waals surface area contributed by atoms with Gasteiger partial charge in [-0.25, -0.2) is 0 Å². The Hall–Kier alpha value is -0.870. The summed E-state index contributed by atoms with van der Waals surface area (Å²) in [5, 5.41) is 11.3. The van der Waals surface area contributed by atoms with Crippen molar-refractivity contribution in [2.24, 2.45) is 13.0 Å². The highest BCUT2D eigenvalue weighted by Crippen LogP contribution is 2.09. The van der Waals surface area contributed by atoms with Gasteiger partial charge in [-0.2, -0.15) is 5.10 Å². The van der Waals surface area contributed by atoms with E-state index < -0.39 is 0 Å². The van der Waals surface area contributed by atoms with Crippen molar-refractivity contribution in [1.82, 2.24) is 20.4 Å². The molecule has 0 spiro atoms. The molecule has 1 saturated heterocycles. The first-order valence-electron chi connectivity index (χ1n) is 6.16. The molecule has 1 aromatic rings. The van der Waals surface area contributed by atoms with Gasteiger partial charge in [-0.05, 0) is 45.3 Å². The van der Waals surface area contributed by atoms with Crippen LogP contribution in [0.4, 0.5) is 0 Å². The molecule has 1 aromatic heterocycles. The van der Waals surface area contributed by atoms with E-state index in [0.717, 1.165) is 24.7 Å². The molecule has 4 nitrogen and oxygen atoms in total. The fourth-order valence-electron chi connectivity index (χ4n) is 2.33. The monoisotopic (exact) mass is 222 g/mol. The van der Waals surface area contributed by atoms with Gasteiger partial charge >= 0.3 is 0 Å². The van der Waals surface area contributed by atoms with Gasteiger partial charge in [0.2, 0.25) is 0 Å². The fourth-order valence-corrected chi connectivity index (χ4v) is 2.33. The number of rotatable bonds is 4. The third-order valence-corrected chi connectivity index (χ3v) is 3.26. The van der Waals surface area contributed by atoms with Crippen LogP contribution in [0.1, 0.15) is 24.1 Å². The van der Waals surface area contributed by atoms with E-state index in [9.17, 15) is 0 Å². The predicted molar refractivity (Wildman–Crippen MR) is 65.2 cm³/mol. The van der Waals surface area contributed by atoms with Crippen molar-refractivity contribution in [1.29, 1.82) is 0 Å². The lowest BCUT2D eigenvalue weighted by atomic mass is 10.00. The molecule has 0 bridgehead atoms. The Balaban J connectivity index is 1.73. The summed E-state index contributed by atoms with van der Waals surface area (Å²) in [5.41, 5.74) is 2.45. The molecule has 2 heterocycles. The minimum atomic E-state index is 0.797. The number of piperidine rings is 1. The molecule has 0 amide bonds. The van der Waals surface area contributed by atoms with Gasteiger partial charge in [-0.3, -0.25) is 4.68 Å². The van der Waals surface area contributed by atoms with E-state index in [1.165, 1.54) is 31.5 Å². The maximum Gasteiger partial charge on any atom is 0.0638 e. The Bertz CT molecular complexity index is 326. The Morgan fingerprint density at radius 3 is 3.12 bits per heavy atom. The second kappa shape index (κ2) is 5.46. The van der Waals surface area contributed by atoms with Crippen LogP contribution in [0.3, 0.4) is 0 Å². The van der Waals surface area contributed by atoms with Crippen molar-refractivity contribution in [2.75, 3.05) is 19.6 Å². The molecule has 0 radical (unpaired) electrons. The smallest absolute Gasteiger partial charge is 0.0638 e. The molecule has 4 heteroatoms. The largest absolute Gasteiger partial charge is 0.316 e. The highest BCUT2D eigenvalue weighted by molar-refractivity contribution is 5.14. The summed E-state index contributed by atoms with van der Waals surface area (Å²) in [4.78, 5) is 0. The minimum absolute atomic E-state index is 0.797. The first-order chi connectivity index (χ1) is 7.75. The summed E-state index contributed by atoms with van der Waals surface area (Å²) in [7, 11) is 1.97. The Morgan fingerprint density at radius 2 is 2.50 bits per heavy atom. The third-order valence-electron chi connectivity index (χ3n) is 3.26. The van der Waals surface area contributed by atoms with Gasteiger partial charge in [0, 0.05) is 25.4 Å². The Morgan fingerprint density at radius 1 is 1.62 bits per heavy atom. The summed E-state index contributed by atoms with van der Waals surface area (Å²) < 4.78 is 1.88. The average Bonchev–Trinajstić information content (AvgIpc) is 2.59. The number of nitrogens with one attached hydrogen (secondary N) is 2. The second-order valence-corrected chi connectivity index (χ2v) is 4.76. The van der Waals surface area contributed by atoms with Gasteiger partial charge in [-0.15, -0.1) is 0 Å². The minimum Gasteiger partial charge on any atom is -0.316 e. The van der Waals surface area contributed by atoms with Crippen LogP contribution in [-0.2, 0) is 13.6 Å². The van der Waals surface area contributed by atoms with Crippen LogP contribution in [0.15, 0.2) is 6.20 Å². The summed E-state index contributed by atoms with van der Waals surface area (Å²) in [6, 6.07) is 0. The van der Waals surface area contributed by atoms with E-state index in [2.05, 4.69) is 28.9 Å². The van der Waals surface area contributed by atoms with E-state index in [1.54, 1.807) is 0 Å². The zero-order valence-corrected chi connectivity index (χ0v) is 10.3. The molecule has 1 aliphatic heterocycles. The van der Waals surface area contributed by atoms with Crippen molar-refractivity contribution in [3.8, 4) is 0 Å². The number of aromatic nitrogens is 2. The van der Waals surface area contributed by atoms with Crippen molar-refractivity contribution in [2.45, 2.75) is 26.3 Å². The lowest BCUT2D eigenvalue weighted by Gasteiger charge is -2.22. The molecule has 2 N–H and O–H groups in total. The molecule has 0 saturated carbocycles. The number of nitrogens with zero attached hydrogens (tertiary/aromatic N) is 2. The van der Waals surface area contributed by atoms with E-state index in [0.29, 0.717) is 0 Å². The average molecular weight is 222 g/mol. The van der Waals surface area contributed by atoms with Crippen LogP contribution in [0, 0.1) is 12.8 Å². The molecule has 1 aliphatic rings. The van der Waals surface area contributed by atoms with Gasteiger partial charge in [-0.1, -0.05) is 0 Å². The fraction of sp³-hybridized carbons (Fsp3) is 0.750. The Kier molecular flexibility index (Phi) is 3.96. The predicted octanol–water partition coefficient (Wildman–Crippen LogP) is 0.818. The van der Waals surface area contributed by atoms with Crippen molar-refractivity contribution in [3.05, 3.63) is 17.5 Å². The zero-order valence-electron chi connectivity index (χ0n) is 10.3. The molecule has 0 aliphatic carbocycles. The summed E-state index contributed by atoms with van der Waals surface area (Å²) in [6.07, 6.45) is 4.77. The molecule has 1 atom stereocenters. The summed E-state index contributed by atoms with van der Waals surface area (Å²) >= 11 is 0. The first-order valence-corrected chi connectivity index (χ1v) is 6.16. The van der Waals surface area contributed by atoms with E-state index in [4.69, 9.17) is 0 Å². The topological polar surface area (TPSA) is 41.9 Å². The van der Waals surface area contributed by atoms with E-state index in [-0.39, 0.29) is 0 Å². The molecular weight excluding hydrogens is 200 g/mol. The van der Waals surface area contributed by atoms with E-state index >= 15 is 0 Å². The van der Waals surface area contributed by atoms with Gasteiger partial charge in [0.25, 0.3) is 0 Å². The van der Waals surface area contributed by atoms with Crippen LogP contribution in [-0.4, -0.2) is 29.4 Å². The Labute approximate surface area is 97.4 Å². The second-order valence-electron chi connectivity index (χ2n) is 4.76. The van der Waals surface area contributed by atoms with Crippen molar-refractivity contribution >= 4 is 0 Å². The number of hydrogen-bond donors (Lipinski definition) is 2. The van der Waals surface area contributed by atoms with Crippen LogP contribution >= 0.6 is 0 Å². The maximum absolute atomic E-state index is 4.34. The molecule has 16 heavy (non-hydrogen) atoms. The number of aryl methyl sites for hydroxylation is 2. The van der Waals surface area contributed by atoms with Gasteiger partial charge in [0.1, 0.15) is 0 Å². The van der Waals surface area contributed by atoms with Crippen LogP contribution in [0.25, 0.3) is 0 Å². The third kappa shape index (κ3) is 3.06. The van der Waals surface area contributed by atoms with Crippen LogP contribution in [0.5, 0.6) is 0 Å². The highest BCUT2D eigenvalue weighted by Gasteiger charge is 2.12. The molecular formula is C12H22N4. The SMILES string of the molecule is Cc1nn(C)cc1CNCC1CCCNC1. The molecule has 90 valence electrons. The van der Waals surface area contributed by atoms with Gasteiger partial charge in [0.15, 0.2) is 0 Å². The lowest BCUT2D eigenvalue weighted by molar-refractivity contribution is 0.360. The maximum atomic E-state index is 4.34. The summed E-state index contributed by atoms with van der Waals surface area (Å²) in [5.74, 6) is 0.797. The molecule has 1 unspecified atom stereocenters. The van der Waals surface area contributed by atoms with Gasteiger partial charge < -0.3 is 10.6 Å². The van der Waals surface area contributed by atoms with Gasteiger partial charge in [0.05, 0.1) is 5.69 Å². The van der Waals surface area contributed by atoms with E-state index in [1.807, 2.05) is 11.7 Å². The van der Waals surface area contributed by atoms with Crippen LogP contribution in [0.2, 0.25) is 0 Å². The molecule has 0 aromatic carbocycles. The van der Waals surface area contributed by atoms with Crippen LogP contribution < -0.4 is 10.6 Å². The molecule has 1 fully saturated rings. The zero-order chi connectivity index (χ0) is 11.4. The normalized spacial score (nSPS) is 21.2. The van der Waals surface area contributed by atoms with Crippen molar-refractivity contribution < 1.29 is 0 Å². The quantitative estimate of drug-likeness (QED) is 0.792. The molecule has 2 rings (SSSR count). The standard InChI is InChI=1S/C12H22N4/c1-10-12(9-16(2)15-10)8-14-7-11-4-3-5-13-6-11/h9,11,13-14H,3-8H2,1-2H3. The first kappa shape index (κ1) is 11.6. The lowest BCUT2D eigenvalue weighted by Crippen LogP contribution is -2.35. The highest BCUT2D eigenvalue weighted by atomic mass is 15.2. The number of hydrogen-bond acceptors (Lipinski definition) is 3. The summed E-state index contributed by atoms with van der Waals surface area (Å²) in [6.45, 7) is 6.48.